The van der Waals surface area contributed by atoms with E-state index in [2.05, 4.69) is 63.9 Å². The predicted molar refractivity (Wildman–Crippen MR) is 117 cm³/mol. The van der Waals surface area contributed by atoms with Gasteiger partial charge in [-0.2, -0.15) is 0 Å². The Kier molecular flexibility index (Phi) is 5.31. The number of halogens is 1. The van der Waals surface area contributed by atoms with E-state index in [1.165, 1.54) is 0 Å². The Hall–Kier alpha value is -2.85. The Bertz CT molecular complexity index is 1090. The summed E-state index contributed by atoms with van der Waals surface area (Å²) in [6.45, 7) is 3.16. The standard InChI is InChI=1S/C23H23ClN4/c1-3-4-13-27(2)22-21-20(17-9-6-5-7-10-17)15-28(23(21)26-16-25-22)19-12-8-11-18(24)14-19/h5-12,14-16H,3-4,13H2,1-2H3. The molecule has 4 nitrogen and oxygen atoms in total. The minimum absolute atomic E-state index is 0.704. The maximum Gasteiger partial charge on any atom is 0.150 e. The molecule has 28 heavy (non-hydrogen) atoms. The van der Waals surface area contributed by atoms with Gasteiger partial charge in [0, 0.05) is 36.1 Å². The van der Waals surface area contributed by atoms with E-state index < -0.39 is 0 Å². The van der Waals surface area contributed by atoms with Crippen LogP contribution in [0.4, 0.5) is 5.82 Å². The highest BCUT2D eigenvalue weighted by Crippen LogP contribution is 2.36. The molecule has 0 aliphatic rings. The van der Waals surface area contributed by atoms with Gasteiger partial charge in [0.1, 0.15) is 12.1 Å². The van der Waals surface area contributed by atoms with Gasteiger partial charge in [-0.1, -0.05) is 61.3 Å². The Morgan fingerprint density at radius 2 is 1.86 bits per heavy atom. The number of benzene rings is 2. The zero-order chi connectivity index (χ0) is 19.5. The van der Waals surface area contributed by atoms with Gasteiger partial charge in [-0.15, -0.1) is 0 Å². The molecule has 0 saturated heterocycles. The molecule has 5 heteroatoms. The third-order valence-electron chi connectivity index (χ3n) is 4.94. The number of anilines is 1. The van der Waals surface area contributed by atoms with Crippen molar-refractivity contribution >= 4 is 28.5 Å². The zero-order valence-corrected chi connectivity index (χ0v) is 16.9. The van der Waals surface area contributed by atoms with Crippen LogP contribution in [0.25, 0.3) is 27.8 Å². The first kappa shape index (κ1) is 18.5. The highest BCUT2D eigenvalue weighted by molar-refractivity contribution is 6.30. The second-order valence-corrected chi connectivity index (χ2v) is 7.37. The molecular formula is C23H23ClN4. The molecule has 2 aromatic carbocycles. The van der Waals surface area contributed by atoms with E-state index in [9.17, 15) is 0 Å². The van der Waals surface area contributed by atoms with Crippen LogP contribution in [0, 0.1) is 0 Å². The van der Waals surface area contributed by atoms with E-state index in [-0.39, 0.29) is 0 Å². The highest BCUT2D eigenvalue weighted by atomic mass is 35.5. The van der Waals surface area contributed by atoms with Gasteiger partial charge >= 0.3 is 0 Å². The monoisotopic (exact) mass is 390 g/mol. The zero-order valence-electron chi connectivity index (χ0n) is 16.1. The summed E-state index contributed by atoms with van der Waals surface area (Å²) in [5.74, 6) is 0.957. The minimum Gasteiger partial charge on any atom is -0.359 e. The lowest BCUT2D eigenvalue weighted by atomic mass is 10.1. The molecule has 142 valence electrons. The van der Waals surface area contributed by atoms with Crippen LogP contribution in [-0.4, -0.2) is 28.1 Å². The summed E-state index contributed by atoms with van der Waals surface area (Å²) < 4.78 is 2.10. The Balaban J connectivity index is 1.98. The van der Waals surface area contributed by atoms with Gasteiger partial charge in [0.25, 0.3) is 0 Å². The topological polar surface area (TPSA) is 34.0 Å². The molecule has 4 rings (SSSR count). The molecule has 0 radical (unpaired) electrons. The van der Waals surface area contributed by atoms with Gasteiger partial charge in [-0.3, -0.25) is 0 Å². The van der Waals surface area contributed by atoms with Crippen LogP contribution in [-0.2, 0) is 0 Å². The molecule has 0 fully saturated rings. The fraction of sp³-hybridized carbons (Fsp3) is 0.217. The summed E-state index contributed by atoms with van der Waals surface area (Å²) in [5.41, 5.74) is 4.14. The molecule has 0 saturated carbocycles. The lowest BCUT2D eigenvalue weighted by Gasteiger charge is -2.19. The molecule has 0 amide bonds. The smallest absolute Gasteiger partial charge is 0.150 e. The quantitative estimate of drug-likeness (QED) is 0.406. The van der Waals surface area contributed by atoms with Gasteiger partial charge in [0.15, 0.2) is 5.65 Å². The van der Waals surface area contributed by atoms with E-state index in [1.54, 1.807) is 6.33 Å². The van der Waals surface area contributed by atoms with Gasteiger partial charge in [-0.05, 0) is 30.2 Å². The van der Waals surface area contributed by atoms with Crippen molar-refractivity contribution in [1.82, 2.24) is 14.5 Å². The van der Waals surface area contributed by atoms with Crippen LogP contribution >= 0.6 is 11.6 Å². The van der Waals surface area contributed by atoms with Crippen molar-refractivity contribution in [2.75, 3.05) is 18.5 Å². The summed E-state index contributed by atoms with van der Waals surface area (Å²) in [7, 11) is 2.10. The lowest BCUT2D eigenvalue weighted by Crippen LogP contribution is -2.20. The SMILES string of the molecule is CCCCN(C)c1ncnc2c1c(-c1ccccc1)cn2-c1cccc(Cl)c1. The summed E-state index contributed by atoms with van der Waals surface area (Å²) >= 11 is 6.25. The molecule has 2 aromatic heterocycles. The van der Waals surface area contributed by atoms with Crippen LogP contribution in [0.1, 0.15) is 19.8 Å². The first-order valence-electron chi connectivity index (χ1n) is 9.57. The number of unbranched alkanes of at least 4 members (excludes halogenated alkanes) is 1. The van der Waals surface area contributed by atoms with Crippen molar-refractivity contribution in [2.45, 2.75) is 19.8 Å². The van der Waals surface area contributed by atoms with E-state index >= 15 is 0 Å². The molecule has 0 atom stereocenters. The normalized spacial score (nSPS) is 11.1. The Labute approximate surface area is 170 Å². The second kappa shape index (κ2) is 8.03. The van der Waals surface area contributed by atoms with Crippen molar-refractivity contribution in [3.63, 3.8) is 0 Å². The molecule has 0 N–H and O–H groups in total. The Morgan fingerprint density at radius 1 is 1.04 bits per heavy atom. The largest absolute Gasteiger partial charge is 0.359 e. The average molecular weight is 391 g/mol. The first-order chi connectivity index (χ1) is 13.7. The molecular weight excluding hydrogens is 368 g/mol. The maximum atomic E-state index is 6.25. The lowest BCUT2D eigenvalue weighted by molar-refractivity contribution is 0.761. The molecule has 0 spiro atoms. The molecule has 0 aliphatic heterocycles. The van der Waals surface area contributed by atoms with E-state index in [1.807, 2.05) is 30.3 Å². The Morgan fingerprint density at radius 3 is 2.61 bits per heavy atom. The van der Waals surface area contributed by atoms with Crippen LogP contribution in [0.15, 0.2) is 67.1 Å². The van der Waals surface area contributed by atoms with Crippen LogP contribution < -0.4 is 4.90 Å². The van der Waals surface area contributed by atoms with Crippen molar-refractivity contribution in [1.29, 1.82) is 0 Å². The van der Waals surface area contributed by atoms with E-state index in [4.69, 9.17) is 11.6 Å². The van der Waals surface area contributed by atoms with Crippen molar-refractivity contribution in [2.24, 2.45) is 0 Å². The molecule has 0 aliphatic carbocycles. The summed E-state index contributed by atoms with van der Waals surface area (Å²) in [6, 6.07) is 18.2. The van der Waals surface area contributed by atoms with Crippen LogP contribution in [0.3, 0.4) is 0 Å². The van der Waals surface area contributed by atoms with Gasteiger partial charge in [0.2, 0.25) is 0 Å². The molecule has 0 bridgehead atoms. The van der Waals surface area contributed by atoms with Crippen LogP contribution in [0.5, 0.6) is 0 Å². The van der Waals surface area contributed by atoms with Crippen molar-refractivity contribution in [3.8, 4) is 16.8 Å². The summed E-state index contributed by atoms with van der Waals surface area (Å²) in [5, 5.41) is 1.77. The predicted octanol–water partition coefficient (Wildman–Crippen LogP) is 5.98. The number of rotatable bonds is 6. The minimum atomic E-state index is 0.704. The fourth-order valence-corrected chi connectivity index (χ4v) is 3.68. The van der Waals surface area contributed by atoms with Gasteiger partial charge < -0.3 is 9.47 Å². The third kappa shape index (κ3) is 3.48. The maximum absolute atomic E-state index is 6.25. The number of hydrogen-bond acceptors (Lipinski definition) is 3. The molecule has 4 aromatic rings. The first-order valence-corrected chi connectivity index (χ1v) is 9.95. The summed E-state index contributed by atoms with van der Waals surface area (Å²) in [4.78, 5) is 11.5. The fourth-order valence-electron chi connectivity index (χ4n) is 3.50. The number of fused-ring (bicyclic) bond motifs is 1. The van der Waals surface area contributed by atoms with Crippen molar-refractivity contribution < 1.29 is 0 Å². The number of aromatic nitrogens is 3. The van der Waals surface area contributed by atoms with Crippen molar-refractivity contribution in [3.05, 3.63) is 72.1 Å². The highest BCUT2D eigenvalue weighted by Gasteiger charge is 2.19. The van der Waals surface area contributed by atoms with Gasteiger partial charge in [-0.25, -0.2) is 9.97 Å². The molecule has 0 unspecified atom stereocenters. The average Bonchev–Trinajstić information content (AvgIpc) is 3.12. The number of nitrogens with zero attached hydrogens (tertiary/aromatic N) is 4. The van der Waals surface area contributed by atoms with E-state index in [0.717, 1.165) is 53.1 Å². The van der Waals surface area contributed by atoms with Crippen LogP contribution in [0.2, 0.25) is 5.02 Å². The third-order valence-corrected chi connectivity index (χ3v) is 5.18. The second-order valence-electron chi connectivity index (χ2n) is 6.93. The van der Waals surface area contributed by atoms with Gasteiger partial charge in [0.05, 0.1) is 5.39 Å². The van der Waals surface area contributed by atoms with E-state index in [0.29, 0.717) is 5.02 Å². The summed E-state index contributed by atoms with van der Waals surface area (Å²) in [6.07, 6.45) is 6.05. The number of hydrogen-bond donors (Lipinski definition) is 0. The molecule has 2 heterocycles.